The lowest BCUT2D eigenvalue weighted by Crippen LogP contribution is -2.32. The van der Waals surface area contributed by atoms with Crippen molar-refractivity contribution in [2.45, 2.75) is 32.6 Å². The number of pyridine rings is 1. The molecular weight excluding hydrogens is 218 g/mol. The smallest absolute Gasteiger partial charge is 0.201 e. The van der Waals surface area contributed by atoms with Crippen LogP contribution in [0.15, 0.2) is 36.5 Å². The summed E-state index contributed by atoms with van der Waals surface area (Å²) < 4.78 is 2.28. The van der Waals surface area contributed by atoms with Gasteiger partial charge in [-0.05, 0) is 49.8 Å². The Morgan fingerprint density at radius 3 is 2.50 bits per heavy atom. The summed E-state index contributed by atoms with van der Waals surface area (Å²) >= 11 is 0. The molecule has 2 aromatic rings. The lowest BCUT2D eigenvalue weighted by molar-refractivity contribution is -0.660. The number of nitrogens with zero attached hydrogens (tertiary/aromatic N) is 1. The highest BCUT2D eigenvalue weighted by molar-refractivity contribution is 5.61. The third-order valence-electron chi connectivity index (χ3n) is 4.02. The van der Waals surface area contributed by atoms with E-state index < -0.39 is 0 Å². The Morgan fingerprint density at radius 2 is 1.72 bits per heavy atom. The fraction of sp³-hybridized carbons (Fsp3) is 0.353. The SMILES string of the molecule is Cc1ccccc1-c1cc2c(c[n+]1C)CCCC2. The summed E-state index contributed by atoms with van der Waals surface area (Å²) in [5.41, 5.74) is 7.14. The van der Waals surface area contributed by atoms with Gasteiger partial charge in [0.25, 0.3) is 0 Å². The third kappa shape index (κ3) is 1.94. The molecule has 1 aliphatic carbocycles. The maximum absolute atomic E-state index is 2.40. The molecule has 0 fully saturated rings. The minimum atomic E-state index is 1.25. The molecule has 0 bridgehead atoms. The van der Waals surface area contributed by atoms with Gasteiger partial charge in [0.2, 0.25) is 5.69 Å². The van der Waals surface area contributed by atoms with Gasteiger partial charge in [-0.15, -0.1) is 0 Å². The van der Waals surface area contributed by atoms with E-state index >= 15 is 0 Å². The lowest BCUT2D eigenvalue weighted by Gasteiger charge is -2.15. The largest absolute Gasteiger partial charge is 0.212 e. The Bertz CT molecular complexity index is 584. The van der Waals surface area contributed by atoms with Crippen molar-refractivity contribution in [1.82, 2.24) is 0 Å². The van der Waals surface area contributed by atoms with Crippen LogP contribution in [0.2, 0.25) is 0 Å². The Balaban J connectivity index is 2.15. The van der Waals surface area contributed by atoms with E-state index in [-0.39, 0.29) is 0 Å². The second-order valence-electron chi connectivity index (χ2n) is 5.34. The normalized spacial score (nSPS) is 14.3. The summed E-state index contributed by atoms with van der Waals surface area (Å²) in [6, 6.07) is 11.0. The standard InChI is InChI=1S/C17H20N/c1-13-7-3-6-10-16(13)17-11-14-8-4-5-9-15(14)12-18(17)2/h3,6-7,10-12H,4-5,8-9H2,1-2H3/q+1. The van der Waals surface area contributed by atoms with E-state index in [9.17, 15) is 0 Å². The first kappa shape index (κ1) is 11.5. The van der Waals surface area contributed by atoms with E-state index in [0.717, 1.165) is 0 Å². The maximum Gasteiger partial charge on any atom is 0.212 e. The highest BCUT2D eigenvalue weighted by Crippen LogP contribution is 2.25. The summed E-state index contributed by atoms with van der Waals surface area (Å²) in [6.07, 6.45) is 7.51. The molecule has 3 rings (SSSR count). The van der Waals surface area contributed by atoms with Crippen LogP contribution in [0.25, 0.3) is 11.3 Å². The van der Waals surface area contributed by atoms with Crippen LogP contribution in [0.3, 0.4) is 0 Å². The molecule has 92 valence electrons. The summed E-state index contributed by atoms with van der Waals surface area (Å²) in [6.45, 7) is 2.19. The maximum atomic E-state index is 2.40. The topological polar surface area (TPSA) is 3.88 Å². The molecule has 0 saturated carbocycles. The van der Waals surface area contributed by atoms with E-state index in [4.69, 9.17) is 0 Å². The molecule has 0 radical (unpaired) electrons. The van der Waals surface area contributed by atoms with Crippen LogP contribution >= 0.6 is 0 Å². The van der Waals surface area contributed by atoms with Crippen LogP contribution in [0.4, 0.5) is 0 Å². The monoisotopic (exact) mass is 238 g/mol. The van der Waals surface area contributed by atoms with Crippen molar-refractivity contribution in [3.8, 4) is 11.3 Å². The van der Waals surface area contributed by atoms with Crippen LogP contribution < -0.4 is 4.57 Å². The Labute approximate surface area is 109 Å². The van der Waals surface area contributed by atoms with Gasteiger partial charge in [-0.1, -0.05) is 18.2 Å². The van der Waals surface area contributed by atoms with Crippen LogP contribution in [-0.2, 0) is 19.9 Å². The van der Waals surface area contributed by atoms with Gasteiger partial charge < -0.3 is 0 Å². The molecular formula is C17H20N+. The number of rotatable bonds is 1. The first-order chi connectivity index (χ1) is 8.75. The van der Waals surface area contributed by atoms with Gasteiger partial charge in [-0.3, -0.25) is 0 Å². The quantitative estimate of drug-likeness (QED) is 0.671. The van der Waals surface area contributed by atoms with E-state index in [1.807, 2.05) is 0 Å². The van der Waals surface area contributed by atoms with E-state index in [2.05, 4.69) is 55.1 Å². The van der Waals surface area contributed by atoms with Crippen LogP contribution in [-0.4, -0.2) is 0 Å². The van der Waals surface area contributed by atoms with Crippen LogP contribution in [0, 0.1) is 6.92 Å². The van der Waals surface area contributed by atoms with Crippen LogP contribution in [0.1, 0.15) is 29.5 Å². The van der Waals surface area contributed by atoms with Gasteiger partial charge in [0, 0.05) is 17.2 Å². The Kier molecular flexibility index (Phi) is 2.91. The fourth-order valence-electron chi connectivity index (χ4n) is 2.96. The molecule has 18 heavy (non-hydrogen) atoms. The van der Waals surface area contributed by atoms with Crippen molar-refractivity contribution < 1.29 is 4.57 Å². The third-order valence-corrected chi connectivity index (χ3v) is 4.02. The summed E-state index contributed by atoms with van der Waals surface area (Å²) in [5, 5.41) is 0. The molecule has 0 amide bonds. The first-order valence-electron chi connectivity index (χ1n) is 6.83. The summed E-state index contributed by atoms with van der Waals surface area (Å²) in [4.78, 5) is 0. The molecule has 0 saturated heterocycles. The van der Waals surface area contributed by atoms with Crippen molar-refractivity contribution in [3.63, 3.8) is 0 Å². The van der Waals surface area contributed by atoms with Gasteiger partial charge in [-0.25, -0.2) is 4.57 Å². The van der Waals surface area contributed by atoms with Crippen molar-refractivity contribution in [2.24, 2.45) is 7.05 Å². The highest BCUT2D eigenvalue weighted by Gasteiger charge is 2.18. The van der Waals surface area contributed by atoms with E-state index in [0.29, 0.717) is 0 Å². The number of aromatic nitrogens is 1. The lowest BCUT2D eigenvalue weighted by atomic mass is 9.91. The summed E-state index contributed by atoms with van der Waals surface area (Å²) in [7, 11) is 2.16. The first-order valence-corrected chi connectivity index (χ1v) is 6.83. The van der Waals surface area contributed by atoms with Crippen molar-refractivity contribution >= 4 is 0 Å². The number of fused-ring (bicyclic) bond motifs is 1. The number of hydrogen-bond acceptors (Lipinski definition) is 0. The molecule has 1 nitrogen and oxygen atoms in total. The second kappa shape index (κ2) is 4.56. The molecule has 1 heteroatoms. The van der Waals surface area contributed by atoms with E-state index in [1.165, 1.54) is 42.5 Å². The molecule has 1 aromatic heterocycles. The number of hydrogen-bond donors (Lipinski definition) is 0. The Hall–Kier alpha value is -1.63. The zero-order valence-electron chi connectivity index (χ0n) is 11.2. The molecule has 0 aliphatic heterocycles. The minimum absolute atomic E-state index is 1.25. The molecule has 0 unspecified atom stereocenters. The van der Waals surface area contributed by atoms with Crippen LogP contribution in [0.5, 0.6) is 0 Å². The predicted molar refractivity (Wildman–Crippen MR) is 74.4 cm³/mol. The average Bonchev–Trinajstić information content (AvgIpc) is 2.39. The fourth-order valence-corrected chi connectivity index (χ4v) is 2.96. The molecule has 0 N–H and O–H groups in total. The Morgan fingerprint density at radius 1 is 1.00 bits per heavy atom. The molecule has 1 aromatic carbocycles. The van der Waals surface area contributed by atoms with Gasteiger partial charge in [0.1, 0.15) is 7.05 Å². The van der Waals surface area contributed by atoms with Gasteiger partial charge in [0.15, 0.2) is 6.20 Å². The highest BCUT2D eigenvalue weighted by atomic mass is 14.9. The number of aryl methyl sites for hydroxylation is 4. The predicted octanol–water partition coefficient (Wildman–Crippen LogP) is 3.37. The minimum Gasteiger partial charge on any atom is -0.201 e. The van der Waals surface area contributed by atoms with Gasteiger partial charge in [0.05, 0.1) is 0 Å². The molecule has 0 spiro atoms. The average molecular weight is 238 g/mol. The van der Waals surface area contributed by atoms with E-state index in [1.54, 1.807) is 11.1 Å². The zero-order chi connectivity index (χ0) is 12.5. The van der Waals surface area contributed by atoms with Crippen molar-refractivity contribution in [3.05, 3.63) is 53.2 Å². The molecule has 0 atom stereocenters. The van der Waals surface area contributed by atoms with Crippen molar-refractivity contribution in [1.29, 1.82) is 0 Å². The van der Waals surface area contributed by atoms with Crippen molar-refractivity contribution in [2.75, 3.05) is 0 Å². The summed E-state index contributed by atoms with van der Waals surface area (Å²) in [5.74, 6) is 0. The van der Waals surface area contributed by atoms with Gasteiger partial charge in [-0.2, -0.15) is 0 Å². The zero-order valence-corrected chi connectivity index (χ0v) is 11.2. The molecule has 1 aliphatic rings. The number of benzene rings is 1. The van der Waals surface area contributed by atoms with Gasteiger partial charge >= 0.3 is 0 Å². The molecule has 1 heterocycles. The second-order valence-corrected chi connectivity index (χ2v) is 5.34.